The third kappa shape index (κ3) is 2.76. The number of hydrogen-bond donors (Lipinski definition) is 1. The second-order valence-corrected chi connectivity index (χ2v) is 5.48. The quantitative estimate of drug-likeness (QED) is 0.804. The van der Waals surface area contributed by atoms with Gasteiger partial charge in [-0.25, -0.2) is 0 Å². The molecule has 1 heterocycles. The molecule has 1 N–H and O–H groups in total. The largest absolute Gasteiger partial charge is 0.396 e. The van der Waals surface area contributed by atoms with Crippen LogP contribution in [-0.2, 0) is 9.47 Å². The summed E-state index contributed by atoms with van der Waals surface area (Å²) in [6, 6.07) is 0. The van der Waals surface area contributed by atoms with Crippen LogP contribution in [0.4, 0.5) is 0 Å². The standard InChI is InChI=1S/C13H24O3/c1-9(2)16-13-6-12-10(7-14)4-3-5-11(12)8-15-13/h9-14H,3-8H2,1-2H3/t10-,11+,12+,13+/m1/s1. The van der Waals surface area contributed by atoms with E-state index in [0.717, 1.165) is 13.0 Å². The van der Waals surface area contributed by atoms with E-state index in [0.29, 0.717) is 24.4 Å². The van der Waals surface area contributed by atoms with E-state index < -0.39 is 0 Å². The Balaban J connectivity index is 1.93. The fourth-order valence-electron chi connectivity index (χ4n) is 3.19. The molecule has 2 aliphatic rings. The molecule has 2 rings (SSSR count). The lowest BCUT2D eigenvalue weighted by Gasteiger charge is -2.43. The van der Waals surface area contributed by atoms with Crippen LogP contribution in [0.15, 0.2) is 0 Å². The number of aliphatic hydroxyl groups is 1. The predicted octanol–water partition coefficient (Wildman–Crippen LogP) is 2.18. The van der Waals surface area contributed by atoms with E-state index >= 15 is 0 Å². The van der Waals surface area contributed by atoms with Crippen molar-refractivity contribution in [3.8, 4) is 0 Å². The van der Waals surface area contributed by atoms with Gasteiger partial charge in [0.25, 0.3) is 0 Å². The number of aliphatic hydroxyl groups excluding tert-OH is 1. The molecule has 0 bridgehead atoms. The zero-order valence-corrected chi connectivity index (χ0v) is 10.4. The lowest BCUT2D eigenvalue weighted by molar-refractivity contribution is -0.217. The van der Waals surface area contributed by atoms with Crippen LogP contribution in [0.25, 0.3) is 0 Å². The minimum absolute atomic E-state index is 0.0478. The third-order valence-corrected chi connectivity index (χ3v) is 3.98. The van der Waals surface area contributed by atoms with Crippen molar-refractivity contribution in [2.45, 2.75) is 51.9 Å². The molecule has 94 valence electrons. The Kier molecular flexibility index (Phi) is 4.22. The minimum atomic E-state index is -0.0478. The van der Waals surface area contributed by atoms with Crippen molar-refractivity contribution < 1.29 is 14.6 Å². The molecule has 0 radical (unpaired) electrons. The van der Waals surface area contributed by atoms with Crippen LogP contribution in [0.5, 0.6) is 0 Å². The van der Waals surface area contributed by atoms with Crippen LogP contribution in [0, 0.1) is 17.8 Å². The summed E-state index contributed by atoms with van der Waals surface area (Å²) in [5.74, 6) is 1.73. The Labute approximate surface area is 98.1 Å². The van der Waals surface area contributed by atoms with E-state index in [1.807, 2.05) is 13.8 Å². The molecular weight excluding hydrogens is 204 g/mol. The summed E-state index contributed by atoms with van der Waals surface area (Å²) >= 11 is 0. The van der Waals surface area contributed by atoms with Crippen molar-refractivity contribution in [2.24, 2.45) is 17.8 Å². The fourth-order valence-corrected chi connectivity index (χ4v) is 3.19. The number of ether oxygens (including phenoxy) is 2. The monoisotopic (exact) mass is 228 g/mol. The van der Waals surface area contributed by atoms with Gasteiger partial charge in [-0.2, -0.15) is 0 Å². The SMILES string of the molecule is CC(C)O[C@H]1C[C@H]2[C@@H](CO)CCC[C@H]2CO1. The van der Waals surface area contributed by atoms with Crippen molar-refractivity contribution >= 4 is 0 Å². The van der Waals surface area contributed by atoms with Gasteiger partial charge in [-0.05, 0) is 44.4 Å². The van der Waals surface area contributed by atoms with Crippen LogP contribution >= 0.6 is 0 Å². The van der Waals surface area contributed by atoms with E-state index in [1.54, 1.807) is 0 Å². The Morgan fingerprint density at radius 2 is 2.19 bits per heavy atom. The normalized spacial score (nSPS) is 39.8. The Morgan fingerprint density at radius 3 is 2.88 bits per heavy atom. The maximum Gasteiger partial charge on any atom is 0.158 e. The zero-order chi connectivity index (χ0) is 11.5. The van der Waals surface area contributed by atoms with Gasteiger partial charge in [0, 0.05) is 13.0 Å². The van der Waals surface area contributed by atoms with Gasteiger partial charge in [-0.3, -0.25) is 0 Å². The molecule has 1 aliphatic carbocycles. The Hall–Kier alpha value is -0.120. The molecule has 0 aromatic rings. The first kappa shape index (κ1) is 12.3. The van der Waals surface area contributed by atoms with Crippen LogP contribution < -0.4 is 0 Å². The Morgan fingerprint density at radius 1 is 1.38 bits per heavy atom. The number of fused-ring (bicyclic) bond motifs is 1. The van der Waals surface area contributed by atoms with Gasteiger partial charge < -0.3 is 14.6 Å². The molecule has 3 nitrogen and oxygen atoms in total. The van der Waals surface area contributed by atoms with Crippen molar-refractivity contribution in [1.29, 1.82) is 0 Å². The van der Waals surface area contributed by atoms with Crippen molar-refractivity contribution in [2.75, 3.05) is 13.2 Å². The van der Waals surface area contributed by atoms with Gasteiger partial charge in [-0.15, -0.1) is 0 Å². The van der Waals surface area contributed by atoms with E-state index in [4.69, 9.17) is 9.47 Å². The topological polar surface area (TPSA) is 38.7 Å². The van der Waals surface area contributed by atoms with E-state index in [1.165, 1.54) is 19.3 Å². The highest BCUT2D eigenvalue weighted by Crippen LogP contribution is 2.41. The van der Waals surface area contributed by atoms with E-state index in [9.17, 15) is 5.11 Å². The molecule has 0 spiro atoms. The van der Waals surface area contributed by atoms with E-state index in [-0.39, 0.29) is 12.4 Å². The van der Waals surface area contributed by atoms with Gasteiger partial charge in [0.05, 0.1) is 12.7 Å². The van der Waals surface area contributed by atoms with Crippen LogP contribution in [-0.4, -0.2) is 30.7 Å². The summed E-state index contributed by atoms with van der Waals surface area (Å²) < 4.78 is 11.5. The fraction of sp³-hybridized carbons (Fsp3) is 1.00. The predicted molar refractivity (Wildman–Crippen MR) is 62.0 cm³/mol. The molecule has 0 aromatic heterocycles. The van der Waals surface area contributed by atoms with Crippen LogP contribution in [0.2, 0.25) is 0 Å². The number of rotatable bonds is 3. The van der Waals surface area contributed by atoms with Crippen molar-refractivity contribution in [1.82, 2.24) is 0 Å². The summed E-state index contributed by atoms with van der Waals surface area (Å²) in [6.45, 7) is 5.23. The molecule has 16 heavy (non-hydrogen) atoms. The second-order valence-electron chi connectivity index (χ2n) is 5.48. The van der Waals surface area contributed by atoms with Crippen molar-refractivity contribution in [3.05, 3.63) is 0 Å². The summed E-state index contributed by atoms with van der Waals surface area (Å²) in [5.41, 5.74) is 0. The second kappa shape index (κ2) is 5.48. The molecule has 0 amide bonds. The average molecular weight is 228 g/mol. The average Bonchev–Trinajstić information content (AvgIpc) is 2.27. The highest BCUT2D eigenvalue weighted by molar-refractivity contribution is 4.85. The highest BCUT2D eigenvalue weighted by atomic mass is 16.7. The number of hydrogen-bond acceptors (Lipinski definition) is 3. The maximum atomic E-state index is 9.42. The first-order valence-electron chi connectivity index (χ1n) is 6.58. The van der Waals surface area contributed by atoms with Crippen LogP contribution in [0.3, 0.4) is 0 Å². The smallest absolute Gasteiger partial charge is 0.158 e. The summed E-state index contributed by atoms with van der Waals surface area (Å²) in [4.78, 5) is 0. The Bertz CT molecular complexity index is 211. The third-order valence-electron chi connectivity index (χ3n) is 3.98. The summed E-state index contributed by atoms with van der Waals surface area (Å²) in [6.07, 6.45) is 4.81. The molecule has 1 saturated heterocycles. The maximum absolute atomic E-state index is 9.42. The lowest BCUT2D eigenvalue weighted by Crippen LogP contribution is -2.42. The highest BCUT2D eigenvalue weighted by Gasteiger charge is 2.38. The minimum Gasteiger partial charge on any atom is -0.396 e. The molecule has 2 fully saturated rings. The van der Waals surface area contributed by atoms with E-state index in [2.05, 4.69) is 0 Å². The van der Waals surface area contributed by atoms with Crippen molar-refractivity contribution in [3.63, 3.8) is 0 Å². The molecule has 1 aliphatic heterocycles. The first-order valence-corrected chi connectivity index (χ1v) is 6.58. The molecule has 3 heteroatoms. The molecule has 0 aromatic carbocycles. The van der Waals surface area contributed by atoms with Gasteiger partial charge in [0.2, 0.25) is 0 Å². The van der Waals surface area contributed by atoms with Gasteiger partial charge >= 0.3 is 0 Å². The zero-order valence-electron chi connectivity index (χ0n) is 10.4. The molecular formula is C13H24O3. The van der Waals surface area contributed by atoms with Gasteiger partial charge in [0.1, 0.15) is 0 Å². The molecule has 4 atom stereocenters. The molecule has 0 unspecified atom stereocenters. The summed E-state index contributed by atoms with van der Waals surface area (Å²) in [5, 5.41) is 9.42. The first-order chi connectivity index (χ1) is 7.70. The lowest BCUT2D eigenvalue weighted by atomic mass is 9.70. The van der Waals surface area contributed by atoms with Crippen LogP contribution in [0.1, 0.15) is 39.5 Å². The van der Waals surface area contributed by atoms with Gasteiger partial charge in [0.15, 0.2) is 6.29 Å². The summed E-state index contributed by atoms with van der Waals surface area (Å²) in [7, 11) is 0. The van der Waals surface area contributed by atoms with Gasteiger partial charge in [-0.1, -0.05) is 6.42 Å². The molecule has 1 saturated carbocycles.